The van der Waals surface area contributed by atoms with Gasteiger partial charge in [-0.2, -0.15) is 0 Å². The Morgan fingerprint density at radius 1 is 1.22 bits per heavy atom. The maximum absolute atomic E-state index is 12.5. The summed E-state index contributed by atoms with van der Waals surface area (Å²) in [5.41, 5.74) is 3.85. The molecule has 0 aromatic heterocycles. The lowest BCUT2D eigenvalue weighted by atomic mass is 9.94. The molecular formula is C19H20N2O2. The molecule has 2 aromatic carbocycles. The first-order valence-corrected chi connectivity index (χ1v) is 7.85. The van der Waals surface area contributed by atoms with E-state index in [4.69, 9.17) is 0 Å². The third kappa shape index (κ3) is 2.97. The molecule has 1 aliphatic heterocycles. The molecule has 2 aromatic rings. The lowest BCUT2D eigenvalue weighted by molar-refractivity contribution is -0.135. The van der Waals surface area contributed by atoms with E-state index in [1.165, 1.54) is 0 Å². The van der Waals surface area contributed by atoms with Gasteiger partial charge in [0.2, 0.25) is 11.8 Å². The largest absolute Gasteiger partial charge is 0.324 e. The highest BCUT2D eigenvalue weighted by molar-refractivity contribution is 5.97. The highest BCUT2D eigenvalue weighted by Crippen LogP contribution is 2.36. The van der Waals surface area contributed by atoms with Gasteiger partial charge in [0.05, 0.1) is 6.04 Å². The summed E-state index contributed by atoms with van der Waals surface area (Å²) in [6, 6.07) is 15.6. The van der Waals surface area contributed by atoms with Crippen molar-refractivity contribution in [3.63, 3.8) is 0 Å². The molecule has 23 heavy (non-hydrogen) atoms. The zero-order valence-electron chi connectivity index (χ0n) is 13.4. The number of aryl methyl sites for hydroxylation is 1. The average molecular weight is 308 g/mol. The van der Waals surface area contributed by atoms with Crippen molar-refractivity contribution in [3.05, 3.63) is 65.2 Å². The van der Waals surface area contributed by atoms with Gasteiger partial charge in [-0.1, -0.05) is 55.0 Å². The van der Waals surface area contributed by atoms with Crippen LogP contribution in [0, 0.1) is 6.92 Å². The van der Waals surface area contributed by atoms with Crippen molar-refractivity contribution in [2.75, 3.05) is 11.9 Å². The molecule has 0 saturated heterocycles. The van der Waals surface area contributed by atoms with E-state index in [-0.39, 0.29) is 24.4 Å². The summed E-state index contributed by atoms with van der Waals surface area (Å²) in [4.78, 5) is 26.4. The van der Waals surface area contributed by atoms with Gasteiger partial charge in [-0.15, -0.1) is 0 Å². The van der Waals surface area contributed by atoms with Gasteiger partial charge in [0.1, 0.15) is 6.54 Å². The van der Waals surface area contributed by atoms with Crippen LogP contribution in [0.25, 0.3) is 0 Å². The predicted octanol–water partition coefficient (Wildman–Crippen LogP) is 3.28. The van der Waals surface area contributed by atoms with Crippen molar-refractivity contribution in [2.45, 2.75) is 26.3 Å². The lowest BCUT2D eigenvalue weighted by Gasteiger charge is -2.30. The Labute approximate surface area is 136 Å². The number of hydrogen-bond acceptors (Lipinski definition) is 2. The number of hydrogen-bond donors (Lipinski definition) is 1. The molecule has 2 amide bonds. The second kappa shape index (κ2) is 6.24. The van der Waals surface area contributed by atoms with Gasteiger partial charge in [0.15, 0.2) is 0 Å². The zero-order chi connectivity index (χ0) is 16.4. The van der Waals surface area contributed by atoms with Crippen molar-refractivity contribution >= 4 is 17.5 Å². The number of nitrogens with one attached hydrogen (secondary N) is 1. The Hall–Kier alpha value is -2.62. The van der Waals surface area contributed by atoms with E-state index in [2.05, 4.69) is 11.4 Å². The van der Waals surface area contributed by atoms with Gasteiger partial charge in [0.25, 0.3) is 0 Å². The maximum Gasteiger partial charge on any atom is 0.244 e. The second-order valence-electron chi connectivity index (χ2n) is 5.83. The van der Waals surface area contributed by atoms with Crippen LogP contribution in [0.15, 0.2) is 48.5 Å². The summed E-state index contributed by atoms with van der Waals surface area (Å²) in [7, 11) is 0. The van der Waals surface area contributed by atoms with Crippen LogP contribution in [0.4, 0.5) is 5.69 Å². The number of carbonyl (C=O) groups excluding carboxylic acids is 2. The molecule has 0 fully saturated rings. The van der Waals surface area contributed by atoms with Gasteiger partial charge in [-0.25, -0.2) is 0 Å². The Morgan fingerprint density at radius 2 is 1.96 bits per heavy atom. The first kappa shape index (κ1) is 15.3. The molecule has 0 aliphatic carbocycles. The van der Waals surface area contributed by atoms with Crippen LogP contribution in [-0.4, -0.2) is 23.3 Å². The molecule has 1 heterocycles. The Morgan fingerprint density at radius 3 is 2.65 bits per heavy atom. The lowest BCUT2D eigenvalue weighted by Crippen LogP contribution is -2.38. The molecule has 0 spiro atoms. The monoisotopic (exact) mass is 308 g/mol. The predicted molar refractivity (Wildman–Crippen MR) is 90.1 cm³/mol. The number of fused-ring (bicyclic) bond motifs is 1. The number of amides is 2. The number of rotatable bonds is 2. The number of carbonyl (C=O) groups is 2. The Balaban J connectivity index is 2.21. The van der Waals surface area contributed by atoms with Crippen LogP contribution < -0.4 is 5.32 Å². The van der Waals surface area contributed by atoms with Gasteiger partial charge in [-0.3, -0.25) is 9.59 Å². The van der Waals surface area contributed by atoms with Gasteiger partial charge < -0.3 is 10.2 Å². The molecule has 1 atom stereocenters. The number of nitrogens with zero attached hydrogens (tertiary/aromatic N) is 1. The summed E-state index contributed by atoms with van der Waals surface area (Å²) in [6.07, 6.45) is 0.373. The number of benzene rings is 2. The van der Waals surface area contributed by atoms with Gasteiger partial charge >= 0.3 is 0 Å². The summed E-state index contributed by atoms with van der Waals surface area (Å²) in [5.74, 6) is -0.182. The summed E-state index contributed by atoms with van der Waals surface area (Å²) >= 11 is 0. The molecule has 0 bridgehead atoms. The van der Waals surface area contributed by atoms with Crippen LogP contribution >= 0.6 is 0 Å². The van der Waals surface area contributed by atoms with E-state index < -0.39 is 0 Å². The topological polar surface area (TPSA) is 49.4 Å². The van der Waals surface area contributed by atoms with Crippen molar-refractivity contribution in [2.24, 2.45) is 0 Å². The van der Waals surface area contributed by atoms with Crippen LogP contribution in [-0.2, 0) is 9.59 Å². The third-order valence-electron chi connectivity index (χ3n) is 4.14. The Bertz CT molecular complexity index is 740. The average Bonchev–Trinajstić information content (AvgIpc) is 2.70. The molecule has 0 radical (unpaired) electrons. The normalized spacial score (nSPS) is 17.2. The quantitative estimate of drug-likeness (QED) is 0.925. The molecule has 4 heteroatoms. The van der Waals surface area contributed by atoms with E-state index >= 15 is 0 Å². The SMILES string of the molecule is CCC(=O)N1CC(=O)Nc2ccc(C)cc2[C@H]1c1ccccc1. The number of anilines is 1. The fraction of sp³-hybridized carbons (Fsp3) is 0.263. The van der Waals surface area contributed by atoms with E-state index in [0.29, 0.717) is 6.42 Å². The van der Waals surface area contributed by atoms with E-state index in [1.54, 1.807) is 4.90 Å². The summed E-state index contributed by atoms with van der Waals surface area (Å²) in [5, 5.41) is 2.93. The Kier molecular flexibility index (Phi) is 4.15. The molecule has 3 rings (SSSR count). The first-order chi connectivity index (χ1) is 11.1. The van der Waals surface area contributed by atoms with Crippen molar-refractivity contribution in [1.82, 2.24) is 4.90 Å². The summed E-state index contributed by atoms with van der Waals surface area (Å²) in [6.45, 7) is 3.91. The van der Waals surface area contributed by atoms with E-state index in [0.717, 1.165) is 22.4 Å². The highest BCUT2D eigenvalue weighted by atomic mass is 16.2. The molecule has 118 valence electrons. The highest BCUT2D eigenvalue weighted by Gasteiger charge is 2.32. The fourth-order valence-electron chi connectivity index (χ4n) is 3.06. The first-order valence-electron chi connectivity index (χ1n) is 7.85. The van der Waals surface area contributed by atoms with Crippen LogP contribution in [0.1, 0.15) is 36.1 Å². The maximum atomic E-state index is 12.5. The van der Waals surface area contributed by atoms with Gasteiger partial charge in [0, 0.05) is 17.7 Å². The van der Waals surface area contributed by atoms with Crippen molar-refractivity contribution < 1.29 is 9.59 Å². The molecule has 4 nitrogen and oxygen atoms in total. The second-order valence-corrected chi connectivity index (χ2v) is 5.83. The molecule has 0 unspecified atom stereocenters. The molecule has 1 N–H and O–H groups in total. The third-order valence-corrected chi connectivity index (χ3v) is 4.14. The minimum absolute atomic E-state index is 0.0247. The van der Waals surface area contributed by atoms with Crippen LogP contribution in [0.3, 0.4) is 0 Å². The minimum Gasteiger partial charge on any atom is -0.324 e. The van der Waals surface area contributed by atoms with Gasteiger partial charge in [-0.05, 0) is 18.6 Å². The standard InChI is InChI=1S/C19H20N2O2/c1-3-18(23)21-12-17(22)20-16-10-9-13(2)11-15(16)19(21)14-7-5-4-6-8-14/h4-11,19H,3,12H2,1-2H3,(H,20,22)/t19-/m1/s1. The molecule has 0 saturated carbocycles. The molecule has 1 aliphatic rings. The fourth-order valence-corrected chi connectivity index (χ4v) is 3.06. The van der Waals surface area contributed by atoms with Crippen LogP contribution in [0.5, 0.6) is 0 Å². The van der Waals surface area contributed by atoms with Crippen molar-refractivity contribution in [1.29, 1.82) is 0 Å². The van der Waals surface area contributed by atoms with Crippen LogP contribution in [0.2, 0.25) is 0 Å². The van der Waals surface area contributed by atoms with Crippen molar-refractivity contribution in [3.8, 4) is 0 Å². The van der Waals surface area contributed by atoms with E-state index in [9.17, 15) is 9.59 Å². The zero-order valence-corrected chi connectivity index (χ0v) is 13.4. The molecular weight excluding hydrogens is 288 g/mol. The summed E-state index contributed by atoms with van der Waals surface area (Å²) < 4.78 is 0. The smallest absolute Gasteiger partial charge is 0.244 e. The minimum atomic E-state index is -0.252. The van der Waals surface area contributed by atoms with E-state index in [1.807, 2.05) is 56.3 Å².